The average molecular weight is 356 g/mol. The number of rotatable bonds is 4. The Kier molecular flexibility index (Phi) is 5.06. The summed E-state index contributed by atoms with van der Waals surface area (Å²) in [6.45, 7) is 1.85. The molecule has 1 heterocycles. The molecule has 0 N–H and O–H groups in total. The lowest BCUT2D eigenvalue weighted by molar-refractivity contribution is 0.169. The second kappa shape index (κ2) is 6.02. The fourth-order valence-electron chi connectivity index (χ4n) is 3.08. The molecule has 106 valence electrons. The van der Waals surface area contributed by atoms with E-state index in [4.69, 9.17) is 0 Å². The molecule has 0 aromatic rings. The van der Waals surface area contributed by atoms with Crippen molar-refractivity contribution in [1.82, 2.24) is 4.90 Å². The molecule has 1 atom stereocenters. The number of nitrogens with zero attached hydrogens (tertiary/aromatic N) is 1. The summed E-state index contributed by atoms with van der Waals surface area (Å²) < 4.78 is 23.8. The fraction of sp³-hybridized carbons (Fsp3) is 1.00. The summed E-state index contributed by atoms with van der Waals surface area (Å²) in [5.41, 5.74) is 0.310. The van der Waals surface area contributed by atoms with Gasteiger partial charge in [0, 0.05) is 36.2 Å². The first-order valence-electron chi connectivity index (χ1n) is 6.54. The van der Waals surface area contributed by atoms with E-state index in [0.717, 1.165) is 29.9 Å². The lowest BCUT2D eigenvalue weighted by Gasteiger charge is -2.40. The quantitative estimate of drug-likeness (QED) is 0.725. The summed E-state index contributed by atoms with van der Waals surface area (Å²) in [5, 5.41) is 0.730. The normalized spacial score (nSPS) is 29.6. The minimum absolute atomic E-state index is 0.271. The number of halogens is 1. The van der Waals surface area contributed by atoms with Crippen LogP contribution in [0.5, 0.6) is 0 Å². The molecule has 2 rings (SSSR count). The van der Waals surface area contributed by atoms with Gasteiger partial charge in [0.15, 0.2) is 9.84 Å². The third kappa shape index (κ3) is 3.44. The van der Waals surface area contributed by atoms with Gasteiger partial charge in [-0.05, 0) is 18.3 Å². The van der Waals surface area contributed by atoms with Crippen molar-refractivity contribution in [2.45, 2.75) is 31.1 Å². The van der Waals surface area contributed by atoms with Crippen LogP contribution in [0, 0.1) is 5.41 Å². The Balaban J connectivity index is 2.10. The molecule has 1 saturated heterocycles. The highest BCUT2D eigenvalue weighted by Gasteiger charge is 2.39. The monoisotopic (exact) mass is 355 g/mol. The third-order valence-corrected chi connectivity index (χ3v) is 8.05. The van der Waals surface area contributed by atoms with Gasteiger partial charge in [-0.3, -0.25) is 4.90 Å². The van der Waals surface area contributed by atoms with Crippen LogP contribution in [-0.4, -0.2) is 54.9 Å². The summed E-state index contributed by atoms with van der Waals surface area (Å²) in [4.78, 5) is 2.22. The first-order valence-corrected chi connectivity index (χ1v) is 10.8. The standard InChI is InChI=1S/C12H22BrNO2S2/c1-18(15,16)11-8-17-7-6-14(11)10-12(9-13)4-2-3-5-12/h11H,2-10H2,1H3. The second-order valence-corrected chi connectivity index (χ2v) is 9.58. The largest absolute Gasteiger partial charge is 0.285 e. The molecule has 0 aromatic heterocycles. The first kappa shape index (κ1) is 15.1. The molecule has 0 bridgehead atoms. The van der Waals surface area contributed by atoms with Gasteiger partial charge >= 0.3 is 0 Å². The van der Waals surface area contributed by atoms with Gasteiger partial charge in [0.25, 0.3) is 0 Å². The Bertz CT molecular complexity index is 380. The molecule has 0 aromatic carbocycles. The Hall–Kier alpha value is 0.740. The van der Waals surface area contributed by atoms with Crippen molar-refractivity contribution in [3.05, 3.63) is 0 Å². The fourth-order valence-corrected chi connectivity index (χ4v) is 6.76. The van der Waals surface area contributed by atoms with Crippen LogP contribution in [0.1, 0.15) is 25.7 Å². The average Bonchev–Trinajstić information content (AvgIpc) is 2.78. The topological polar surface area (TPSA) is 37.4 Å². The van der Waals surface area contributed by atoms with Gasteiger partial charge in [0.05, 0.1) is 0 Å². The number of thioether (sulfide) groups is 1. The van der Waals surface area contributed by atoms with Crippen LogP contribution in [0.4, 0.5) is 0 Å². The SMILES string of the molecule is CS(=O)(=O)C1CSCCN1CC1(CBr)CCCC1. The van der Waals surface area contributed by atoms with E-state index in [1.54, 1.807) is 11.8 Å². The molecule has 0 spiro atoms. The highest BCUT2D eigenvalue weighted by Crippen LogP contribution is 2.41. The minimum atomic E-state index is -2.96. The molecular formula is C12H22BrNO2S2. The van der Waals surface area contributed by atoms with Crippen molar-refractivity contribution in [2.75, 3.05) is 36.2 Å². The van der Waals surface area contributed by atoms with Crippen molar-refractivity contribution >= 4 is 37.5 Å². The number of hydrogen-bond acceptors (Lipinski definition) is 4. The number of alkyl halides is 1. The summed E-state index contributed by atoms with van der Waals surface area (Å²) in [6, 6.07) is 0. The third-order valence-electron chi connectivity index (χ3n) is 4.17. The maximum atomic E-state index is 11.9. The number of hydrogen-bond donors (Lipinski definition) is 0. The van der Waals surface area contributed by atoms with E-state index in [2.05, 4.69) is 20.8 Å². The van der Waals surface area contributed by atoms with E-state index >= 15 is 0 Å². The molecule has 0 radical (unpaired) electrons. The molecule has 2 fully saturated rings. The van der Waals surface area contributed by atoms with Gasteiger partial charge in [0.1, 0.15) is 5.37 Å². The van der Waals surface area contributed by atoms with Gasteiger partial charge in [-0.15, -0.1) is 0 Å². The summed E-state index contributed by atoms with van der Waals surface area (Å²) in [5.74, 6) is 1.79. The molecular weight excluding hydrogens is 334 g/mol. The van der Waals surface area contributed by atoms with Gasteiger partial charge in [0.2, 0.25) is 0 Å². The lowest BCUT2D eigenvalue weighted by atomic mass is 9.88. The van der Waals surface area contributed by atoms with E-state index in [-0.39, 0.29) is 5.37 Å². The van der Waals surface area contributed by atoms with Gasteiger partial charge < -0.3 is 0 Å². The van der Waals surface area contributed by atoms with Crippen molar-refractivity contribution in [3.63, 3.8) is 0 Å². The van der Waals surface area contributed by atoms with Crippen LogP contribution in [0.25, 0.3) is 0 Å². The predicted octanol–water partition coefficient (Wildman–Crippen LogP) is 2.36. The zero-order chi connectivity index (χ0) is 13.2. The molecule has 18 heavy (non-hydrogen) atoms. The van der Waals surface area contributed by atoms with Crippen LogP contribution in [0.2, 0.25) is 0 Å². The number of sulfone groups is 1. The smallest absolute Gasteiger partial charge is 0.164 e. The summed E-state index contributed by atoms with van der Waals surface area (Å²) in [6.07, 6.45) is 6.43. The van der Waals surface area contributed by atoms with E-state index < -0.39 is 9.84 Å². The van der Waals surface area contributed by atoms with Crippen molar-refractivity contribution < 1.29 is 8.42 Å². The zero-order valence-corrected chi connectivity index (χ0v) is 14.1. The van der Waals surface area contributed by atoms with E-state index in [1.807, 2.05) is 0 Å². The van der Waals surface area contributed by atoms with Crippen LogP contribution >= 0.6 is 27.7 Å². The van der Waals surface area contributed by atoms with Crippen molar-refractivity contribution in [1.29, 1.82) is 0 Å². The molecule has 1 aliphatic heterocycles. The van der Waals surface area contributed by atoms with Gasteiger partial charge in [-0.2, -0.15) is 11.8 Å². The highest BCUT2D eigenvalue weighted by atomic mass is 79.9. The lowest BCUT2D eigenvalue weighted by Crippen LogP contribution is -2.51. The molecule has 1 aliphatic carbocycles. The maximum Gasteiger partial charge on any atom is 0.164 e. The van der Waals surface area contributed by atoms with Crippen LogP contribution < -0.4 is 0 Å². The molecule has 6 heteroatoms. The molecule has 2 aliphatic rings. The zero-order valence-electron chi connectivity index (χ0n) is 10.9. The minimum Gasteiger partial charge on any atom is -0.285 e. The Morgan fingerprint density at radius 1 is 1.39 bits per heavy atom. The van der Waals surface area contributed by atoms with Crippen molar-refractivity contribution in [3.8, 4) is 0 Å². The van der Waals surface area contributed by atoms with Crippen LogP contribution in [0.3, 0.4) is 0 Å². The van der Waals surface area contributed by atoms with E-state index in [1.165, 1.54) is 31.9 Å². The molecule has 0 amide bonds. The molecule has 3 nitrogen and oxygen atoms in total. The highest BCUT2D eigenvalue weighted by molar-refractivity contribution is 9.09. The summed E-state index contributed by atoms with van der Waals surface area (Å²) in [7, 11) is -2.96. The molecule has 1 unspecified atom stereocenters. The van der Waals surface area contributed by atoms with E-state index in [0.29, 0.717) is 5.41 Å². The first-order chi connectivity index (χ1) is 8.47. The summed E-state index contributed by atoms with van der Waals surface area (Å²) >= 11 is 5.41. The van der Waals surface area contributed by atoms with Gasteiger partial charge in [-0.25, -0.2) is 8.42 Å². The van der Waals surface area contributed by atoms with Crippen molar-refractivity contribution in [2.24, 2.45) is 5.41 Å². The maximum absolute atomic E-state index is 11.9. The van der Waals surface area contributed by atoms with Crippen LogP contribution in [0.15, 0.2) is 0 Å². The second-order valence-electron chi connectivity index (χ2n) is 5.67. The predicted molar refractivity (Wildman–Crippen MR) is 82.2 cm³/mol. The van der Waals surface area contributed by atoms with Crippen LogP contribution in [-0.2, 0) is 9.84 Å². The van der Waals surface area contributed by atoms with Gasteiger partial charge in [-0.1, -0.05) is 28.8 Å². The molecule has 1 saturated carbocycles. The van der Waals surface area contributed by atoms with E-state index in [9.17, 15) is 8.42 Å². The Morgan fingerprint density at radius 3 is 2.61 bits per heavy atom. The Labute approximate surface area is 123 Å². The Morgan fingerprint density at radius 2 is 2.06 bits per heavy atom.